The first kappa shape index (κ1) is 28.9. The first-order valence-corrected chi connectivity index (χ1v) is 11.7. The molecule has 2 aromatic carbocycles. The number of carbonyl (C=O) groups excluding carboxylic acids is 2. The summed E-state index contributed by atoms with van der Waals surface area (Å²) in [5.74, 6) is -0.819. The summed E-state index contributed by atoms with van der Waals surface area (Å²) in [7, 11) is 3.84. The molecule has 0 spiro atoms. The Labute approximate surface area is 256 Å². The van der Waals surface area contributed by atoms with Crippen LogP contribution >= 0.6 is 15.9 Å². The quantitative estimate of drug-likeness (QED) is 0.169. The molecule has 0 bridgehead atoms. The average Bonchev–Trinajstić information content (AvgIpc) is 2.83. The molecule has 37 heavy (non-hydrogen) atoms. The molecule has 3 aromatic heterocycles. The maximum absolute atomic E-state index is 13.0. The Morgan fingerprint density at radius 1 is 0.703 bits per heavy atom. The van der Waals surface area contributed by atoms with Gasteiger partial charge >= 0.3 is 0 Å². The first-order valence-electron chi connectivity index (χ1n) is 10.9. The van der Waals surface area contributed by atoms with Gasteiger partial charge < -0.3 is 58.6 Å². The third-order valence-corrected chi connectivity index (χ3v) is 6.15. The highest BCUT2D eigenvalue weighted by atomic mass is 127. The molecule has 188 valence electrons. The molecular weight excluding hydrogens is 760 g/mol. The van der Waals surface area contributed by atoms with Crippen LogP contribution in [0, 0.1) is 0 Å². The number of nitrogens with one attached hydrogen (secondary N) is 2. The molecule has 0 saturated heterocycles. The van der Waals surface area contributed by atoms with Crippen LogP contribution in [0.1, 0.15) is 21.0 Å². The van der Waals surface area contributed by atoms with Crippen molar-refractivity contribution in [3.05, 3.63) is 101 Å². The van der Waals surface area contributed by atoms with E-state index in [2.05, 4.69) is 31.5 Å². The highest BCUT2D eigenvalue weighted by Gasteiger charge is 2.18. The van der Waals surface area contributed by atoms with Crippen LogP contribution < -0.4 is 67.7 Å². The number of pyridine rings is 3. The topological polar surface area (TPSA) is 78.9 Å². The second-order valence-corrected chi connectivity index (χ2v) is 9.18. The van der Waals surface area contributed by atoms with E-state index >= 15 is 0 Å². The number of hydrogen-bond donors (Lipinski definition) is 2. The zero-order valence-corrected chi connectivity index (χ0v) is 25.8. The molecule has 10 heteroatoms. The van der Waals surface area contributed by atoms with Crippen LogP contribution in [0.4, 0.5) is 11.4 Å². The Bertz CT molecular complexity index is 1530. The summed E-state index contributed by atoms with van der Waals surface area (Å²) in [4.78, 5) is 30.3. The number of aromatic nitrogens is 3. The lowest BCUT2D eigenvalue weighted by atomic mass is 10.2. The standard InChI is InChI=1S/C27H20BrN5O2.2HI/c1-32-15-20(11-17-7-3-5-9-24(17)32)29-26(34)22-13-19(28)14-23(31-22)27(35)30-21-12-18-8-4-6-10-25(18)33(2)16-21;;/h3-16H,1-2H3;2*1H. The lowest BCUT2D eigenvalue weighted by Gasteiger charge is -2.09. The number of aryl methyl sites for hydroxylation is 2. The number of para-hydroxylation sites is 2. The summed E-state index contributed by atoms with van der Waals surface area (Å²) in [6, 6.07) is 22.8. The van der Waals surface area contributed by atoms with Crippen molar-refractivity contribution < 1.29 is 66.7 Å². The SMILES string of the molecule is C[n+]1cc(NC(=O)c2cc(Br)cc(C(=O)Nc3cc4ccccc4[n+](C)c3)n2)cc2ccccc21.[I-].[I-]. The van der Waals surface area contributed by atoms with Gasteiger partial charge in [0.15, 0.2) is 12.4 Å². The molecule has 0 fully saturated rings. The summed E-state index contributed by atoms with van der Waals surface area (Å²) in [6.45, 7) is 0. The molecule has 2 amide bonds. The highest BCUT2D eigenvalue weighted by Crippen LogP contribution is 2.19. The molecule has 0 aliphatic heterocycles. The van der Waals surface area contributed by atoms with Gasteiger partial charge in [-0.3, -0.25) is 9.59 Å². The van der Waals surface area contributed by atoms with Crippen LogP contribution in [-0.2, 0) is 14.1 Å². The van der Waals surface area contributed by atoms with Crippen LogP contribution in [0.2, 0.25) is 0 Å². The van der Waals surface area contributed by atoms with Gasteiger partial charge in [-0.1, -0.05) is 40.2 Å². The van der Waals surface area contributed by atoms with Crippen molar-refractivity contribution in [1.29, 1.82) is 0 Å². The van der Waals surface area contributed by atoms with E-state index in [1.54, 1.807) is 12.1 Å². The minimum atomic E-state index is -0.410. The number of anilines is 2. The lowest BCUT2D eigenvalue weighted by molar-refractivity contribution is -0.644. The molecule has 0 atom stereocenters. The summed E-state index contributed by atoms with van der Waals surface area (Å²) < 4.78 is 4.47. The summed E-state index contributed by atoms with van der Waals surface area (Å²) >= 11 is 3.40. The fourth-order valence-corrected chi connectivity index (χ4v) is 4.52. The summed E-state index contributed by atoms with van der Waals surface area (Å²) in [6.07, 6.45) is 3.68. The minimum absolute atomic E-state index is 0. The predicted molar refractivity (Wildman–Crippen MR) is 138 cm³/mol. The highest BCUT2D eigenvalue weighted by molar-refractivity contribution is 9.10. The number of rotatable bonds is 4. The van der Waals surface area contributed by atoms with Gasteiger partial charge in [0, 0.05) is 27.4 Å². The van der Waals surface area contributed by atoms with Crippen molar-refractivity contribution in [2.75, 3.05) is 10.6 Å². The van der Waals surface area contributed by atoms with E-state index in [1.165, 1.54) is 0 Å². The molecule has 0 unspecified atom stereocenters. The number of amides is 2. The smallest absolute Gasteiger partial charge is 0.274 e. The number of fused-ring (bicyclic) bond motifs is 2. The second kappa shape index (κ2) is 12.2. The van der Waals surface area contributed by atoms with Crippen LogP contribution in [0.15, 0.2) is 89.7 Å². The molecular formula is C27H22BrI2N5O2. The molecule has 7 nitrogen and oxygen atoms in total. The predicted octanol–water partition coefficient (Wildman–Crippen LogP) is -1.69. The minimum Gasteiger partial charge on any atom is -1.00 e. The van der Waals surface area contributed by atoms with E-state index in [0.717, 1.165) is 21.8 Å². The van der Waals surface area contributed by atoms with Gasteiger partial charge in [-0.15, -0.1) is 0 Å². The lowest BCUT2D eigenvalue weighted by Crippen LogP contribution is -3.00. The van der Waals surface area contributed by atoms with Crippen LogP contribution in [0.25, 0.3) is 21.8 Å². The van der Waals surface area contributed by atoms with Gasteiger partial charge in [0.25, 0.3) is 11.8 Å². The summed E-state index contributed by atoms with van der Waals surface area (Å²) in [5.41, 5.74) is 3.62. The van der Waals surface area contributed by atoms with Gasteiger partial charge in [-0.2, -0.15) is 9.13 Å². The number of hydrogen-bond acceptors (Lipinski definition) is 3. The molecule has 0 saturated carbocycles. The Morgan fingerprint density at radius 3 is 1.54 bits per heavy atom. The molecule has 5 aromatic rings. The zero-order valence-electron chi connectivity index (χ0n) is 19.9. The average molecular weight is 782 g/mol. The third-order valence-electron chi connectivity index (χ3n) is 5.69. The zero-order chi connectivity index (χ0) is 24.5. The Balaban J connectivity index is 0.00000190. The van der Waals surface area contributed by atoms with Gasteiger partial charge in [0.2, 0.25) is 11.0 Å². The maximum atomic E-state index is 13.0. The Kier molecular flexibility index (Phi) is 9.53. The van der Waals surface area contributed by atoms with Crippen LogP contribution in [0.3, 0.4) is 0 Å². The van der Waals surface area contributed by atoms with E-state index < -0.39 is 11.8 Å². The van der Waals surface area contributed by atoms with Crippen molar-refractivity contribution in [2.24, 2.45) is 14.1 Å². The van der Waals surface area contributed by atoms with Crippen molar-refractivity contribution >= 4 is 60.9 Å². The molecule has 3 heterocycles. The molecule has 5 rings (SSSR count). The number of halogens is 3. The Hall–Kier alpha value is -2.71. The van der Waals surface area contributed by atoms with Crippen molar-refractivity contribution in [1.82, 2.24) is 4.98 Å². The molecule has 2 N–H and O–H groups in total. The Morgan fingerprint density at radius 2 is 1.11 bits per heavy atom. The van der Waals surface area contributed by atoms with Gasteiger partial charge in [-0.05, 0) is 36.4 Å². The van der Waals surface area contributed by atoms with E-state index in [9.17, 15) is 9.59 Å². The number of carbonyl (C=O) groups is 2. The van der Waals surface area contributed by atoms with Gasteiger partial charge in [0.1, 0.15) is 36.9 Å². The van der Waals surface area contributed by atoms with Crippen molar-refractivity contribution in [2.45, 2.75) is 0 Å². The number of benzene rings is 2. The molecule has 0 aliphatic rings. The fraction of sp³-hybridized carbons (Fsp3) is 0.0741. The normalized spacial score (nSPS) is 10.4. The van der Waals surface area contributed by atoms with E-state index in [4.69, 9.17) is 0 Å². The molecule has 0 radical (unpaired) electrons. The maximum Gasteiger partial charge on any atom is 0.274 e. The van der Waals surface area contributed by atoms with Gasteiger partial charge in [-0.25, -0.2) is 4.98 Å². The first-order chi connectivity index (χ1) is 16.9. The largest absolute Gasteiger partial charge is 1.00 e. The van der Waals surface area contributed by atoms with Crippen molar-refractivity contribution in [3.63, 3.8) is 0 Å². The third kappa shape index (κ3) is 6.41. The van der Waals surface area contributed by atoms with E-state index in [-0.39, 0.29) is 59.3 Å². The summed E-state index contributed by atoms with van der Waals surface area (Å²) in [5, 5.41) is 7.76. The second-order valence-electron chi connectivity index (χ2n) is 8.26. The monoisotopic (exact) mass is 781 g/mol. The van der Waals surface area contributed by atoms with Crippen LogP contribution in [-0.4, -0.2) is 16.8 Å². The van der Waals surface area contributed by atoms with Crippen LogP contribution in [0.5, 0.6) is 0 Å². The van der Waals surface area contributed by atoms with Gasteiger partial charge in [0.05, 0.1) is 0 Å². The van der Waals surface area contributed by atoms with E-state index in [0.29, 0.717) is 15.8 Å². The fourth-order valence-electron chi connectivity index (χ4n) is 4.08. The molecule has 0 aliphatic carbocycles. The van der Waals surface area contributed by atoms with Crippen molar-refractivity contribution in [3.8, 4) is 0 Å². The number of nitrogens with zero attached hydrogens (tertiary/aromatic N) is 3. The van der Waals surface area contributed by atoms with E-state index in [1.807, 2.05) is 96.3 Å².